The van der Waals surface area contributed by atoms with Gasteiger partial charge in [-0.15, -0.1) is 0 Å². The molecule has 1 aromatic carbocycles. The molecule has 1 N–H and O–H groups in total. The topological polar surface area (TPSA) is 50.8 Å². The van der Waals surface area contributed by atoms with Crippen LogP contribution in [0.15, 0.2) is 24.3 Å². The zero-order chi connectivity index (χ0) is 15.9. The molecule has 122 valence electrons. The third-order valence-corrected chi connectivity index (χ3v) is 3.69. The van der Waals surface area contributed by atoms with Gasteiger partial charge in [0.25, 0.3) is 5.91 Å². The summed E-state index contributed by atoms with van der Waals surface area (Å²) in [5.74, 6) is 1.11. The Balaban J connectivity index is 1.85. The molecule has 0 spiro atoms. The Bertz CT molecular complexity index is 491. The van der Waals surface area contributed by atoms with Gasteiger partial charge in [-0.25, -0.2) is 0 Å². The molecule has 1 aromatic rings. The molecule has 1 saturated heterocycles. The number of para-hydroxylation sites is 1. The number of methoxy groups -OCH3 is 1. The highest BCUT2D eigenvalue weighted by Crippen LogP contribution is 2.17. The molecule has 0 radical (unpaired) electrons. The second-order valence-corrected chi connectivity index (χ2v) is 6.06. The Morgan fingerprint density at radius 1 is 1.45 bits per heavy atom. The number of morpholine rings is 1. The van der Waals surface area contributed by atoms with Crippen LogP contribution in [-0.4, -0.2) is 56.8 Å². The zero-order valence-corrected chi connectivity index (χ0v) is 13.7. The molecule has 0 aliphatic carbocycles. The smallest absolute Gasteiger partial charge is 0.255 e. The lowest BCUT2D eigenvalue weighted by Gasteiger charge is -2.34. The van der Waals surface area contributed by atoms with E-state index in [0.717, 1.165) is 26.2 Å². The van der Waals surface area contributed by atoms with Crippen LogP contribution in [0.2, 0.25) is 0 Å². The molecule has 1 atom stereocenters. The summed E-state index contributed by atoms with van der Waals surface area (Å²) in [5.41, 5.74) is 0.555. The second kappa shape index (κ2) is 8.15. The van der Waals surface area contributed by atoms with Gasteiger partial charge in [0, 0.05) is 26.2 Å². The number of ether oxygens (including phenoxy) is 2. The van der Waals surface area contributed by atoms with Crippen molar-refractivity contribution in [1.82, 2.24) is 10.2 Å². The van der Waals surface area contributed by atoms with Crippen LogP contribution < -0.4 is 10.1 Å². The lowest BCUT2D eigenvalue weighted by atomic mass is 10.1. The molecule has 0 aromatic heterocycles. The largest absolute Gasteiger partial charge is 0.496 e. The number of carbonyl (C=O) groups is 1. The van der Waals surface area contributed by atoms with E-state index in [-0.39, 0.29) is 12.0 Å². The Hall–Kier alpha value is -1.59. The van der Waals surface area contributed by atoms with E-state index in [4.69, 9.17) is 9.47 Å². The van der Waals surface area contributed by atoms with E-state index in [2.05, 4.69) is 24.1 Å². The number of hydrogen-bond acceptors (Lipinski definition) is 4. The zero-order valence-electron chi connectivity index (χ0n) is 13.7. The monoisotopic (exact) mass is 306 g/mol. The lowest BCUT2D eigenvalue weighted by Crippen LogP contribution is -2.48. The van der Waals surface area contributed by atoms with Crippen molar-refractivity contribution in [3.63, 3.8) is 0 Å². The summed E-state index contributed by atoms with van der Waals surface area (Å²) in [6.07, 6.45) is 0.0474. The highest BCUT2D eigenvalue weighted by molar-refractivity contribution is 5.96. The van der Waals surface area contributed by atoms with Crippen LogP contribution in [0.5, 0.6) is 5.75 Å². The first-order chi connectivity index (χ1) is 10.6. The number of hydrogen-bond donors (Lipinski definition) is 1. The number of rotatable bonds is 6. The van der Waals surface area contributed by atoms with Crippen LogP contribution in [0.3, 0.4) is 0 Å². The summed E-state index contributed by atoms with van der Waals surface area (Å²) < 4.78 is 11.0. The van der Waals surface area contributed by atoms with Gasteiger partial charge in [-0.05, 0) is 18.1 Å². The van der Waals surface area contributed by atoms with Crippen molar-refractivity contribution < 1.29 is 14.3 Å². The van der Waals surface area contributed by atoms with Gasteiger partial charge in [0.15, 0.2) is 0 Å². The van der Waals surface area contributed by atoms with Crippen molar-refractivity contribution >= 4 is 5.91 Å². The minimum Gasteiger partial charge on any atom is -0.496 e. The number of benzene rings is 1. The van der Waals surface area contributed by atoms with Crippen LogP contribution in [0, 0.1) is 5.92 Å². The summed E-state index contributed by atoms with van der Waals surface area (Å²) in [7, 11) is 1.57. The molecule has 2 rings (SSSR count). The predicted molar refractivity (Wildman–Crippen MR) is 86.3 cm³/mol. The van der Waals surface area contributed by atoms with Crippen molar-refractivity contribution in [3.8, 4) is 5.75 Å². The quantitative estimate of drug-likeness (QED) is 0.870. The van der Waals surface area contributed by atoms with Crippen LogP contribution in [0.25, 0.3) is 0 Å². The Labute approximate surface area is 132 Å². The SMILES string of the molecule is COc1ccccc1C(=O)NCC1CN(CC(C)C)CCO1. The fraction of sp³-hybridized carbons (Fsp3) is 0.588. The van der Waals surface area contributed by atoms with Crippen molar-refractivity contribution in [3.05, 3.63) is 29.8 Å². The van der Waals surface area contributed by atoms with Crippen molar-refractivity contribution in [2.45, 2.75) is 20.0 Å². The summed E-state index contributed by atoms with van der Waals surface area (Å²) in [6, 6.07) is 7.24. The third kappa shape index (κ3) is 4.71. The maximum absolute atomic E-state index is 12.3. The standard InChI is InChI=1S/C17H26N2O3/c1-13(2)11-19-8-9-22-14(12-19)10-18-17(20)15-6-4-5-7-16(15)21-3/h4-7,13-14H,8-12H2,1-3H3,(H,18,20). The average Bonchev–Trinajstić information content (AvgIpc) is 2.52. The van der Waals surface area contributed by atoms with Crippen LogP contribution in [-0.2, 0) is 4.74 Å². The van der Waals surface area contributed by atoms with E-state index in [0.29, 0.717) is 23.8 Å². The van der Waals surface area contributed by atoms with Gasteiger partial charge >= 0.3 is 0 Å². The summed E-state index contributed by atoms with van der Waals surface area (Å²) >= 11 is 0. The summed E-state index contributed by atoms with van der Waals surface area (Å²) in [4.78, 5) is 14.7. The molecule has 5 heteroatoms. The van der Waals surface area contributed by atoms with E-state index in [1.54, 1.807) is 19.2 Å². The molecule has 1 fully saturated rings. The van der Waals surface area contributed by atoms with Gasteiger partial charge in [0.05, 0.1) is 25.4 Å². The highest BCUT2D eigenvalue weighted by Gasteiger charge is 2.22. The number of nitrogens with zero attached hydrogens (tertiary/aromatic N) is 1. The summed E-state index contributed by atoms with van der Waals surface area (Å²) in [5, 5.41) is 2.95. The second-order valence-electron chi connectivity index (χ2n) is 6.06. The predicted octanol–water partition coefficient (Wildman–Crippen LogP) is 1.78. The van der Waals surface area contributed by atoms with Gasteiger partial charge in [-0.1, -0.05) is 26.0 Å². The maximum atomic E-state index is 12.3. The average molecular weight is 306 g/mol. The van der Waals surface area contributed by atoms with Gasteiger partial charge in [0.1, 0.15) is 5.75 Å². The molecular weight excluding hydrogens is 280 g/mol. The lowest BCUT2D eigenvalue weighted by molar-refractivity contribution is -0.0295. The molecule has 5 nitrogen and oxygen atoms in total. The van der Waals surface area contributed by atoms with E-state index in [9.17, 15) is 4.79 Å². The van der Waals surface area contributed by atoms with Gasteiger partial charge in [-0.2, -0.15) is 0 Å². The van der Waals surface area contributed by atoms with Gasteiger partial charge in [-0.3, -0.25) is 9.69 Å². The fourth-order valence-electron chi connectivity index (χ4n) is 2.72. The first-order valence-corrected chi connectivity index (χ1v) is 7.85. The van der Waals surface area contributed by atoms with E-state index < -0.39 is 0 Å². The molecule has 1 heterocycles. The Morgan fingerprint density at radius 3 is 2.95 bits per heavy atom. The Morgan fingerprint density at radius 2 is 2.23 bits per heavy atom. The molecule has 0 bridgehead atoms. The molecule has 1 amide bonds. The van der Waals surface area contributed by atoms with Crippen LogP contribution in [0.1, 0.15) is 24.2 Å². The number of carbonyl (C=O) groups excluding carboxylic acids is 1. The van der Waals surface area contributed by atoms with Crippen LogP contribution >= 0.6 is 0 Å². The van der Waals surface area contributed by atoms with Gasteiger partial charge in [0.2, 0.25) is 0 Å². The number of nitrogens with one attached hydrogen (secondary N) is 1. The van der Waals surface area contributed by atoms with Crippen molar-refractivity contribution in [2.75, 3.05) is 39.9 Å². The fourth-order valence-corrected chi connectivity index (χ4v) is 2.72. The minimum absolute atomic E-state index is 0.0474. The Kier molecular flexibility index (Phi) is 6.21. The summed E-state index contributed by atoms with van der Waals surface area (Å²) in [6.45, 7) is 8.58. The molecule has 1 aliphatic rings. The van der Waals surface area contributed by atoms with Crippen molar-refractivity contribution in [1.29, 1.82) is 0 Å². The van der Waals surface area contributed by atoms with Crippen LogP contribution in [0.4, 0.5) is 0 Å². The first-order valence-electron chi connectivity index (χ1n) is 7.85. The van der Waals surface area contributed by atoms with Gasteiger partial charge < -0.3 is 14.8 Å². The highest BCUT2D eigenvalue weighted by atomic mass is 16.5. The minimum atomic E-state index is -0.123. The maximum Gasteiger partial charge on any atom is 0.255 e. The number of amides is 1. The molecular formula is C17H26N2O3. The molecule has 0 saturated carbocycles. The van der Waals surface area contributed by atoms with E-state index in [1.165, 1.54) is 0 Å². The molecule has 1 unspecified atom stereocenters. The van der Waals surface area contributed by atoms with E-state index in [1.807, 2.05) is 12.1 Å². The normalized spacial score (nSPS) is 19.2. The molecule has 1 aliphatic heterocycles. The molecule has 22 heavy (non-hydrogen) atoms. The first kappa shape index (κ1) is 16.8. The van der Waals surface area contributed by atoms with Crippen molar-refractivity contribution in [2.24, 2.45) is 5.92 Å². The third-order valence-electron chi connectivity index (χ3n) is 3.69. The van der Waals surface area contributed by atoms with E-state index >= 15 is 0 Å².